The molecule has 7 heteroatoms. The zero-order chi connectivity index (χ0) is 24.7. The number of ether oxygens (including phenoxy) is 1. The molecule has 3 aromatic carbocycles. The zero-order valence-electron chi connectivity index (χ0n) is 20.4. The molecule has 0 unspecified atom stereocenters. The number of para-hydroxylation sites is 2. The first kappa shape index (κ1) is 24.2. The van der Waals surface area contributed by atoms with E-state index in [2.05, 4.69) is 38.9 Å². The van der Waals surface area contributed by atoms with Crippen molar-refractivity contribution in [2.24, 2.45) is 0 Å². The van der Waals surface area contributed by atoms with Crippen molar-refractivity contribution in [2.75, 3.05) is 37.5 Å². The number of aromatic nitrogens is 1. The standard InChI is InChI=1S/C29H30N4O2S/c1-2-35-26-10-4-3-7-24(26)21-32-17-19-33(20-18-32)29(34)23-12-14-25(15-13-23)31-36-27-11-5-8-22-9-6-16-30-28(22)27/h3-16,31H,2,17-21H2,1H3. The van der Waals surface area contributed by atoms with Crippen LogP contribution in [0, 0.1) is 0 Å². The van der Waals surface area contributed by atoms with Gasteiger partial charge < -0.3 is 14.4 Å². The van der Waals surface area contributed by atoms with E-state index in [9.17, 15) is 4.79 Å². The first-order valence-electron chi connectivity index (χ1n) is 12.3. The van der Waals surface area contributed by atoms with Crippen molar-refractivity contribution in [3.05, 3.63) is 96.2 Å². The molecule has 5 rings (SSSR count). The van der Waals surface area contributed by atoms with Crippen molar-refractivity contribution < 1.29 is 9.53 Å². The van der Waals surface area contributed by atoms with Crippen LogP contribution in [-0.4, -0.2) is 53.5 Å². The fraction of sp³-hybridized carbons (Fsp3) is 0.241. The number of benzene rings is 3. The summed E-state index contributed by atoms with van der Waals surface area (Å²) in [5.41, 5.74) is 3.83. The lowest BCUT2D eigenvalue weighted by Crippen LogP contribution is -2.48. The maximum absolute atomic E-state index is 13.1. The Bertz CT molecular complexity index is 1320. The molecule has 0 spiro atoms. The highest BCUT2D eigenvalue weighted by Crippen LogP contribution is 2.27. The third-order valence-electron chi connectivity index (χ3n) is 6.33. The predicted octanol–water partition coefficient (Wildman–Crippen LogP) is 5.71. The number of carbonyl (C=O) groups is 1. The van der Waals surface area contributed by atoms with Gasteiger partial charge in [0.05, 0.1) is 17.0 Å². The molecule has 6 nitrogen and oxygen atoms in total. The van der Waals surface area contributed by atoms with Gasteiger partial charge in [-0.15, -0.1) is 0 Å². The summed E-state index contributed by atoms with van der Waals surface area (Å²) >= 11 is 1.53. The molecule has 2 heterocycles. The fourth-order valence-electron chi connectivity index (χ4n) is 4.42. The Morgan fingerprint density at radius 1 is 0.944 bits per heavy atom. The van der Waals surface area contributed by atoms with Crippen LogP contribution in [-0.2, 0) is 6.54 Å². The Labute approximate surface area is 216 Å². The third kappa shape index (κ3) is 5.64. The minimum atomic E-state index is 0.0850. The van der Waals surface area contributed by atoms with Gasteiger partial charge >= 0.3 is 0 Å². The predicted molar refractivity (Wildman–Crippen MR) is 146 cm³/mol. The number of fused-ring (bicyclic) bond motifs is 1. The highest BCUT2D eigenvalue weighted by Gasteiger charge is 2.22. The van der Waals surface area contributed by atoms with Gasteiger partial charge in [0.2, 0.25) is 0 Å². The molecule has 1 aliphatic heterocycles. The normalized spacial score (nSPS) is 14.1. The number of pyridine rings is 1. The number of amides is 1. The number of anilines is 1. The summed E-state index contributed by atoms with van der Waals surface area (Å²) in [6.07, 6.45) is 1.81. The van der Waals surface area contributed by atoms with Crippen molar-refractivity contribution >= 4 is 34.4 Å². The first-order valence-corrected chi connectivity index (χ1v) is 13.1. The van der Waals surface area contributed by atoms with Gasteiger partial charge in [0.1, 0.15) is 5.75 Å². The average molecular weight is 499 g/mol. The van der Waals surface area contributed by atoms with E-state index in [1.165, 1.54) is 17.5 Å². The van der Waals surface area contributed by atoms with Crippen molar-refractivity contribution in [3.8, 4) is 5.75 Å². The first-order chi connectivity index (χ1) is 17.7. The molecular weight excluding hydrogens is 468 g/mol. The molecule has 1 saturated heterocycles. The number of nitrogens with one attached hydrogen (secondary N) is 1. The van der Waals surface area contributed by atoms with E-state index in [-0.39, 0.29) is 5.91 Å². The lowest BCUT2D eigenvalue weighted by molar-refractivity contribution is 0.0627. The quantitative estimate of drug-likeness (QED) is 0.314. The van der Waals surface area contributed by atoms with Crippen LogP contribution in [0.2, 0.25) is 0 Å². The van der Waals surface area contributed by atoms with Gasteiger partial charge in [-0.2, -0.15) is 0 Å². The molecular formula is C29H30N4O2S. The second-order valence-corrected chi connectivity index (χ2v) is 9.57. The van der Waals surface area contributed by atoms with E-state index in [0.717, 1.165) is 60.0 Å². The number of carbonyl (C=O) groups excluding carboxylic acids is 1. The van der Waals surface area contributed by atoms with E-state index in [1.54, 1.807) is 0 Å². The van der Waals surface area contributed by atoms with Crippen LogP contribution in [0.25, 0.3) is 10.9 Å². The molecule has 1 N–H and O–H groups in total. The summed E-state index contributed by atoms with van der Waals surface area (Å²) in [6, 6.07) is 26.1. The largest absolute Gasteiger partial charge is 0.494 e. The molecule has 0 aliphatic carbocycles. The Morgan fingerprint density at radius 2 is 1.72 bits per heavy atom. The maximum Gasteiger partial charge on any atom is 0.253 e. The zero-order valence-corrected chi connectivity index (χ0v) is 21.2. The Kier molecular flexibility index (Phi) is 7.69. The SMILES string of the molecule is CCOc1ccccc1CN1CCN(C(=O)c2ccc(NSc3cccc4cccnc34)cc2)CC1. The van der Waals surface area contributed by atoms with Crippen molar-refractivity contribution in [2.45, 2.75) is 18.4 Å². The molecule has 4 aromatic rings. The maximum atomic E-state index is 13.1. The summed E-state index contributed by atoms with van der Waals surface area (Å²) in [5.74, 6) is 1.03. The molecule has 1 amide bonds. The van der Waals surface area contributed by atoms with E-state index >= 15 is 0 Å². The second-order valence-electron chi connectivity index (χ2n) is 8.72. The van der Waals surface area contributed by atoms with E-state index in [1.807, 2.05) is 72.6 Å². The summed E-state index contributed by atoms with van der Waals surface area (Å²) in [5, 5.41) is 1.11. The van der Waals surface area contributed by atoms with Crippen LogP contribution in [0.1, 0.15) is 22.8 Å². The van der Waals surface area contributed by atoms with Gasteiger partial charge in [-0.3, -0.25) is 14.7 Å². The van der Waals surface area contributed by atoms with Gasteiger partial charge in [-0.25, -0.2) is 0 Å². The number of hydrogen-bond donors (Lipinski definition) is 1. The Balaban J connectivity index is 1.14. The highest BCUT2D eigenvalue weighted by molar-refractivity contribution is 8.00. The minimum absolute atomic E-state index is 0.0850. The van der Waals surface area contributed by atoms with Gasteiger partial charge in [0, 0.05) is 61.1 Å². The van der Waals surface area contributed by atoms with Crippen LogP contribution in [0.5, 0.6) is 5.75 Å². The molecule has 0 atom stereocenters. The topological polar surface area (TPSA) is 57.7 Å². The lowest BCUT2D eigenvalue weighted by Gasteiger charge is -2.35. The summed E-state index contributed by atoms with van der Waals surface area (Å²) in [6.45, 7) is 6.64. The monoisotopic (exact) mass is 498 g/mol. The molecule has 36 heavy (non-hydrogen) atoms. The summed E-state index contributed by atoms with van der Waals surface area (Å²) in [4.78, 5) is 23.0. The second kappa shape index (κ2) is 11.5. The molecule has 0 saturated carbocycles. The Hall–Kier alpha value is -3.55. The average Bonchev–Trinajstić information content (AvgIpc) is 2.93. The molecule has 0 bridgehead atoms. The number of rotatable bonds is 8. The molecule has 184 valence electrons. The number of piperazine rings is 1. The van der Waals surface area contributed by atoms with Crippen molar-refractivity contribution in [3.63, 3.8) is 0 Å². The molecule has 1 aliphatic rings. The van der Waals surface area contributed by atoms with E-state index in [4.69, 9.17) is 4.74 Å². The Morgan fingerprint density at radius 3 is 2.53 bits per heavy atom. The van der Waals surface area contributed by atoms with Crippen LogP contribution < -0.4 is 9.46 Å². The van der Waals surface area contributed by atoms with E-state index in [0.29, 0.717) is 12.2 Å². The van der Waals surface area contributed by atoms with E-state index < -0.39 is 0 Å². The fourth-order valence-corrected chi connectivity index (χ4v) is 5.19. The third-order valence-corrected chi connectivity index (χ3v) is 7.22. The van der Waals surface area contributed by atoms with Crippen molar-refractivity contribution in [1.82, 2.24) is 14.8 Å². The van der Waals surface area contributed by atoms with Crippen LogP contribution >= 0.6 is 11.9 Å². The van der Waals surface area contributed by atoms with Crippen molar-refractivity contribution in [1.29, 1.82) is 0 Å². The molecule has 1 aromatic heterocycles. The summed E-state index contributed by atoms with van der Waals surface area (Å²) in [7, 11) is 0. The molecule has 0 radical (unpaired) electrons. The number of nitrogens with zero attached hydrogens (tertiary/aromatic N) is 3. The van der Waals surface area contributed by atoms with Gasteiger partial charge in [0.15, 0.2) is 0 Å². The van der Waals surface area contributed by atoms with Crippen LogP contribution in [0.3, 0.4) is 0 Å². The van der Waals surface area contributed by atoms with Gasteiger partial charge in [-0.05, 0) is 61.3 Å². The van der Waals surface area contributed by atoms with Crippen LogP contribution in [0.15, 0.2) is 90.0 Å². The molecule has 1 fully saturated rings. The van der Waals surface area contributed by atoms with Gasteiger partial charge in [-0.1, -0.05) is 36.4 Å². The minimum Gasteiger partial charge on any atom is -0.494 e. The lowest BCUT2D eigenvalue weighted by atomic mass is 10.1. The number of hydrogen-bond acceptors (Lipinski definition) is 6. The highest BCUT2D eigenvalue weighted by atomic mass is 32.2. The summed E-state index contributed by atoms with van der Waals surface area (Å²) < 4.78 is 9.14. The van der Waals surface area contributed by atoms with Gasteiger partial charge in [0.25, 0.3) is 5.91 Å². The smallest absolute Gasteiger partial charge is 0.253 e. The van der Waals surface area contributed by atoms with Crippen LogP contribution in [0.4, 0.5) is 5.69 Å².